The van der Waals surface area contributed by atoms with E-state index in [1.807, 2.05) is 11.0 Å². The van der Waals surface area contributed by atoms with Crippen molar-refractivity contribution in [2.24, 2.45) is 0 Å². The van der Waals surface area contributed by atoms with Gasteiger partial charge in [0.1, 0.15) is 5.52 Å². The molecule has 0 unspecified atom stereocenters. The van der Waals surface area contributed by atoms with Crippen LogP contribution in [-0.4, -0.2) is 35.0 Å². The first-order valence-corrected chi connectivity index (χ1v) is 13.2. The number of rotatable bonds is 6. The van der Waals surface area contributed by atoms with Gasteiger partial charge in [-0.1, -0.05) is 31.5 Å². The van der Waals surface area contributed by atoms with Gasteiger partial charge in [0.2, 0.25) is 11.8 Å². The van der Waals surface area contributed by atoms with Crippen LogP contribution < -0.4 is 9.08 Å². The van der Waals surface area contributed by atoms with E-state index in [1.54, 1.807) is 6.92 Å². The Morgan fingerprint density at radius 1 is 1.17 bits per heavy atom. The van der Waals surface area contributed by atoms with Crippen molar-refractivity contribution in [1.82, 2.24) is 14.5 Å². The van der Waals surface area contributed by atoms with E-state index in [0.717, 1.165) is 37.7 Å². The van der Waals surface area contributed by atoms with Crippen molar-refractivity contribution in [2.75, 3.05) is 11.4 Å². The zero-order valence-corrected chi connectivity index (χ0v) is 21.1. The largest absolute Gasteiger partial charge is 0.534 e. The summed E-state index contributed by atoms with van der Waals surface area (Å²) in [7, 11) is -5.81. The van der Waals surface area contributed by atoms with Crippen LogP contribution in [0.1, 0.15) is 56.6 Å². The lowest BCUT2D eigenvalue weighted by Gasteiger charge is -2.24. The second-order valence-electron chi connectivity index (χ2n) is 8.56. The van der Waals surface area contributed by atoms with Gasteiger partial charge in [-0.3, -0.25) is 0 Å². The molecular formula is C23H26ClF3N4O3S. The van der Waals surface area contributed by atoms with Crippen LogP contribution in [0.25, 0.3) is 11.0 Å². The Balaban J connectivity index is 1.81. The number of alkyl halides is 3. The number of aryl methyl sites for hydroxylation is 2. The molecule has 3 heterocycles. The minimum atomic E-state index is -5.81. The summed E-state index contributed by atoms with van der Waals surface area (Å²) in [6, 6.07) is 5.11. The molecule has 1 aliphatic rings. The lowest BCUT2D eigenvalue weighted by Crippen LogP contribution is -2.28. The fourth-order valence-electron chi connectivity index (χ4n) is 4.58. The molecule has 35 heavy (non-hydrogen) atoms. The molecule has 0 N–H and O–H groups in total. The van der Waals surface area contributed by atoms with Crippen molar-refractivity contribution in [3.05, 3.63) is 40.5 Å². The van der Waals surface area contributed by atoms with E-state index in [0.29, 0.717) is 40.2 Å². The second kappa shape index (κ2) is 9.50. The standard InChI is InChI=1S/C23H26ClF3N4O3S/c1-4-15(5-2)16-8-9-17(24)20-21(16)31-11-7-6-10-30(22(31)29-20)18-13-28-19(12-14(18)3)34-35(32,33)23(25,26)27/h8-9,12-13,15H,4-7,10-11H2,1-3H3. The number of benzene rings is 1. The molecular weight excluding hydrogens is 505 g/mol. The number of anilines is 2. The highest BCUT2D eigenvalue weighted by atomic mass is 35.5. The highest BCUT2D eigenvalue weighted by molar-refractivity contribution is 7.87. The van der Waals surface area contributed by atoms with Crippen LogP contribution >= 0.6 is 11.6 Å². The van der Waals surface area contributed by atoms with Crippen LogP contribution in [0, 0.1) is 6.92 Å². The van der Waals surface area contributed by atoms with Crippen molar-refractivity contribution in [3.63, 3.8) is 0 Å². The van der Waals surface area contributed by atoms with E-state index in [-0.39, 0.29) is 0 Å². The van der Waals surface area contributed by atoms with Gasteiger partial charge in [0, 0.05) is 19.2 Å². The summed E-state index contributed by atoms with van der Waals surface area (Å²) in [5, 5.41) is 0.547. The molecule has 0 saturated carbocycles. The molecule has 0 radical (unpaired) electrons. The Kier molecular flexibility index (Phi) is 6.93. The number of imidazole rings is 1. The number of hydrogen-bond donors (Lipinski definition) is 0. The SMILES string of the molecule is CCC(CC)c1ccc(Cl)c2nc3n(c12)CCCCN3c1cnc(OS(=O)(=O)C(F)(F)F)cc1C. The van der Waals surface area contributed by atoms with Crippen molar-refractivity contribution in [2.45, 2.75) is 64.4 Å². The normalized spacial score (nSPS) is 14.9. The van der Waals surface area contributed by atoms with Crippen LogP contribution in [0.5, 0.6) is 5.88 Å². The molecule has 0 aliphatic carbocycles. The zero-order valence-electron chi connectivity index (χ0n) is 19.6. The third kappa shape index (κ3) is 4.67. The molecule has 2 aromatic heterocycles. The number of hydrogen-bond acceptors (Lipinski definition) is 6. The number of halogens is 4. The summed E-state index contributed by atoms with van der Waals surface area (Å²) in [6.45, 7) is 7.30. The molecule has 0 amide bonds. The van der Waals surface area contributed by atoms with E-state index in [2.05, 4.69) is 33.6 Å². The van der Waals surface area contributed by atoms with Gasteiger partial charge in [0.05, 0.1) is 22.4 Å². The Labute approximate surface area is 207 Å². The van der Waals surface area contributed by atoms with Crippen molar-refractivity contribution in [1.29, 1.82) is 0 Å². The smallest absolute Gasteiger partial charge is 0.355 e. The maximum atomic E-state index is 12.7. The molecule has 4 rings (SSSR count). The predicted molar refractivity (Wildman–Crippen MR) is 129 cm³/mol. The topological polar surface area (TPSA) is 77.3 Å². The van der Waals surface area contributed by atoms with E-state index >= 15 is 0 Å². The quantitative estimate of drug-likeness (QED) is 0.269. The van der Waals surface area contributed by atoms with Gasteiger partial charge in [-0.2, -0.15) is 21.6 Å². The Morgan fingerprint density at radius 3 is 2.49 bits per heavy atom. The first-order valence-electron chi connectivity index (χ1n) is 11.4. The van der Waals surface area contributed by atoms with Crippen molar-refractivity contribution in [3.8, 4) is 5.88 Å². The van der Waals surface area contributed by atoms with E-state index in [9.17, 15) is 21.6 Å². The van der Waals surface area contributed by atoms with Gasteiger partial charge in [-0.15, -0.1) is 0 Å². The third-order valence-electron chi connectivity index (χ3n) is 6.36. The lowest BCUT2D eigenvalue weighted by atomic mass is 9.93. The summed E-state index contributed by atoms with van der Waals surface area (Å²) < 4.78 is 67.2. The first-order chi connectivity index (χ1) is 16.5. The van der Waals surface area contributed by atoms with Gasteiger partial charge < -0.3 is 13.7 Å². The van der Waals surface area contributed by atoms with Crippen molar-refractivity contribution >= 4 is 44.4 Å². The summed E-state index contributed by atoms with van der Waals surface area (Å²) in [4.78, 5) is 10.7. The van der Waals surface area contributed by atoms with Crippen LogP contribution in [0.3, 0.4) is 0 Å². The third-order valence-corrected chi connectivity index (χ3v) is 7.63. The average Bonchev–Trinajstić information content (AvgIpc) is 3.04. The lowest BCUT2D eigenvalue weighted by molar-refractivity contribution is -0.0501. The predicted octanol–water partition coefficient (Wildman–Crippen LogP) is 6.46. The number of pyridine rings is 1. The highest BCUT2D eigenvalue weighted by Crippen LogP contribution is 2.40. The van der Waals surface area contributed by atoms with Gasteiger partial charge >= 0.3 is 15.6 Å². The highest BCUT2D eigenvalue weighted by Gasteiger charge is 2.49. The van der Waals surface area contributed by atoms with Crippen LogP contribution in [0.4, 0.5) is 24.8 Å². The fourth-order valence-corrected chi connectivity index (χ4v) is 5.18. The molecule has 0 atom stereocenters. The fraction of sp³-hybridized carbons (Fsp3) is 0.478. The number of fused-ring (bicyclic) bond motifs is 3. The van der Waals surface area contributed by atoms with Gasteiger partial charge in [0.15, 0.2) is 0 Å². The molecule has 12 heteroatoms. The maximum absolute atomic E-state index is 12.7. The molecule has 0 saturated heterocycles. The summed E-state index contributed by atoms with van der Waals surface area (Å²) in [5.41, 5.74) is -1.55. The molecule has 0 spiro atoms. The maximum Gasteiger partial charge on any atom is 0.534 e. The van der Waals surface area contributed by atoms with Crippen LogP contribution in [0.15, 0.2) is 24.4 Å². The Morgan fingerprint density at radius 2 is 1.86 bits per heavy atom. The Hall–Kier alpha value is -2.53. The molecule has 3 aromatic rings. The Bertz CT molecular complexity index is 1350. The van der Waals surface area contributed by atoms with E-state index in [4.69, 9.17) is 16.6 Å². The van der Waals surface area contributed by atoms with E-state index in [1.165, 1.54) is 17.8 Å². The molecule has 1 aromatic carbocycles. The molecule has 190 valence electrons. The molecule has 0 fully saturated rings. The first kappa shape index (κ1) is 25.6. The second-order valence-corrected chi connectivity index (χ2v) is 10.5. The van der Waals surface area contributed by atoms with Crippen molar-refractivity contribution < 1.29 is 25.8 Å². The van der Waals surface area contributed by atoms with Gasteiger partial charge in [0.25, 0.3) is 0 Å². The minimum Gasteiger partial charge on any atom is -0.355 e. The summed E-state index contributed by atoms with van der Waals surface area (Å²) >= 11 is 6.55. The zero-order chi connectivity index (χ0) is 25.5. The van der Waals surface area contributed by atoms with Crippen LogP contribution in [0.2, 0.25) is 5.02 Å². The average molecular weight is 531 g/mol. The minimum absolute atomic E-state index is 0.350. The van der Waals surface area contributed by atoms with Gasteiger partial charge in [-0.05, 0) is 55.7 Å². The molecule has 7 nitrogen and oxygen atoms in total. The molecule has 1 aliphatic heterocycles. The van der Waals surface area contributed by atoms with Gasteiger partial charge in [-0.25, -0.2) is 9.97 Å². The monoisotopic (exact) mass is 530 g/mol. The van der Waals surface area contributed by atoms with E-state index < -0.39 is 21.5 Å². The molecule has 0 bridgehead atoms. The summed E-state index contributed by atoms with van der Waals surface area (Å²) in [6.07, 6.45) is 5.02. The van der Waals surface area contributed by atoms with Crippen LogP contribution in [-0.2, 0) is 16.7 Å². The number of aromatic nitrogens is 3. The summed E-state index contributed by atoms with van der Waals surface area (Å²) in [5.74, 6) is 0.368. The number of nitrogens with zero attached hydrogens (tertiary/aromatic N) is 4.